The second-order valence-electron chi connectivity index (χ2n) is 6.25. The van der Waals surface area contributed by atoms with Crippen LogP contribution in [0.25, 0.3) is 5.57 Å². The quantitative estimate of drug-likeness (QED) is 0.746. The highest BCUT2D eigenvalue weighted by Gasteiger charge is 2.40. The molecule has 124 valence electrons. The average Bonchev–Trinajstić information content (AvgIpc) is 2.64. The molecule has 2 atom stereocenters. The van der Waals surface area contributed by atoms with Gasteiger partial charge in [-0.05, 0) is 30.2 Å². The first-order valence-corrected chi connectivity index (χ1v) is 9.23. The first kappa shape index (κ1) is 16.0. The van der Waals surface area contributed by atoms with Gasteiger partial charge in [-0.15, -0.1) is 0 Å². The molecular weight excluding hydrogens is 326 g/mol. The van der Waals surface area contributed by atoms with Gasteiger partial charge in [-0.2, -0.15) is 0 Å². The minimum absolute atomic E-state index is 0.0878. The minimum atomic E-state index is -0.171. The van der Waals surface area contributed by atoms with E-state index in [2.05, 4.69) is 24.3 Å². The number of carbonyl (C=O) groups excluding carboxylic acids is 1. The van der Waals surface area contributed by atoms with Gasteiger partial charge >= 0.3 is 0 Å². The fourth-order valence-electron chi connectivity index (χ4n) is 3.68. The third kappa shape index (κ3) is 2.65. The Kier molecular flexibility index (Phi) is 4.10. The fraction of sp³-hybridized carbons (Fsp3) is 0.136. The Bertz CT molecular complexity index is 939. The highest BCUT2D eigenvalue weighted by atomic mass is 32.2. The van der Waals surface area contributed by atoms with E-state index in [1.54, 1.807) is 11.8 Å². The summed E-state index contributed by atoms with van der Waals surface area (Å²) in [6.07, 6.45) is 8.40. The maximum Gasteiger partial charge on any atom is 0.172 e. The molecule has 0 bridgehead atoms. The van der Waals surface area contributed by atoms with Gasteiger partial charge in [0.2, 0.25) is 0 Å². The Morgan fingerprint density at radius 1 is 1.04 bits per heavy atom. The van der Waals surface area contributed by atoms with Crippen molar-refractivity contribution >= 4 is 28.8 Å². The first-order valence-electron chi connectivity index (χ1n) is 8.41. The van der Waals surface area contributed by atoms with Gasteiger partial charge in [0, 0.05) is 27.0 Å². The summed E-state index contributed by atoms with van der Waals surface area (Å²) in [6.45, 7) is 2.05. The van der Waals surface area contributed by atoms with Crippen molar-refractivity contribution in [1.29, 1.82) is 0 Å². The molecule has 0 fully saturated rings. The lowest BCUT2D eigenvalue weighted by molar-refractivity contribution is 0.0925. The van der Waals surface area contributed by atoms with Crippen molar-refractivity contribution in [3.8, 4) is 0 Å². The van der Waals surface area contributed by atoms with Crippen molar-refractivity contribution in [2.45, 2.75) is 11.8 Å². The van der Waals surface area contributed by atoms with Crippen molar-refractivity contribution in [1.82, 2.24) is 0 Å². The topological polar surface area (TPSA) is 43.1 Å². The highest BCUT2D eigenvalue weighted by molar-refractivity contribution is 8.03. The van der Waals surface area contributed by atoms with Crippen LogP contribution in [0.4, 0.5) is 5.69 Å². The summed E-state index contributed by atoms with van der Waals surface area (Å²) in [7, 11) is 0. The Balaban J connectivity index is 1.79. The second kappa shape index (κ2) is 6.41. The van der Waals surface area contributed by atoms with Crippen molar-refractivity contribution < 1.29 is 4.79 Å². The van der Waals surface area contributed by atoms with Gasteiger partial charge in [-0.3, -0.25) is 4.79 Å². The molecule has 0 amide bonds. The number of benzene rings is 2. The normalized spacial score (nSPS) is 23.2. The largest absolute Gasteiger partial charge is 0.398 e. The van der Waals surface area contributed by atoms with Crippen molar-refractivity contribution in [2.75, 3.05) is 5.73 Å². The van der Waals surface area contributed by atoms with E-state index < -0.39 is 0 Å². The van der Waals surface area contributed by atoms with Crippen LogP contribution >= 0.6 is 11.8 Å². The van der Waals surface area contributed by atoms with Crippen LogP contribution in [0.5, 0.6) is 0 Å². The predicted octanol–water partition coefficient (Wildman–Crippen LogP) is 5.35. The second-order valence-corrected chi connectivity index (χ2v) is 7.37. The van der Waals surface area contributed by atoms with E-state index in [0.29, 0.717) is 0 Å². The lowest BCUT2D eigenvalue weighted by Gasteiger charge is -2.35. The summed E-state index contributed by atoms with van der Waals surface area (Å²) in [5.74, 6) is 0.115. The fourth-order valence-corrected chi connectivity index (χ4v) is 4.79. The Morgan fingerprint density at radius 3 is 2.52 bits per heavy atom. The number of allylic oxidation sites excluding steroid dienone is 6. The number of para-hydroxylation sites is 1. The molecule has 0 saturated heterocycles. The molecule has 0 saturated carbocycles. The summed E-state index contributed by atoms with van der Waals surface area (Å²) < 4.78 is 0. The lowest BCUT2D eigenvalue weighted by atomic mass is 9.70. The summed E-state index contributed by atoms with van der Waals surface area (Å²) in [4.78, 5) is 15.3. The Hall–Kier alpha value is -2.52. The number of nitrogen functional groups attached to an aromatic ring is 1. The number of carbonyl (C=O) groups is 1. The number of hydrogen-bond donors (Lipinski definition) is 1. The molecule has 0 radical (unpaired) electrons. The highest BCUT2D eigenvalue weighted by Crippen LogP contribution is 2.49. The molecular formula is C22H19NOS. The van der Waals surface area contributed by atoms with E-state index in [0.717, 1.165) is 26.6 Å². The molecule has 2 nitrogen and oxygen atoms in total. The number of Topliss-reactive ketones (excluding diaryl/α,β-unsaturated/α-hetero) is 1. The maximum absolute atomic E-state index is 13.3. The Morgan fingerprint density at radius 2 is 1.76 bits per heavy atom. The molecule has 0 aliphatic heterocycles. The monoisotopic (exact) mass is 345 g/mol. The molecule has 0 aromatic heterocycles. The average molecular weight is 345 g/mol. The summed E-state index contributed by atoms with van der Waals surface area (Å²) in [5.41, 5.74) is 9.96. The zero-order valence-electron chi connectivity index (χ0n) is 14.0. The third-order valence-corrected chi connectivity index (χ3v) is 6.06. The first-order chi connectivity index (χ1) is 12.2. The molecule has 25 heavy (non-hydrogen) atoms. The number of ketones is 1. The molecule has 0 spiro atoms. The van der Waals surface area contributed by atoms with E-state index in [4.69, 9.17) is 5.73 Å². The summed E-state index contributed by atoms with van der Waals surface area (Å²) >= 11 is 1.60. The van der Waals surface area contributed by atoms with Crippen LogP contribution in [0.3, 0.4) is 0 Å². The molecule has 0 heterocycles. The van der Waals surface area contributed by atoms with Gasteiger partial charge in [-0.1, -0.05) is 72.5 Å². The van der Waals surface area contributed by atoms with Crippen LogP contribution in [0, 0.1) is 11.8 Å². The van der Waals surface area contributed by atoms with Gasteiger partial charge in [0.25, 0.3) is 0 Å². The maximum atomic E-state index is 13.3. The molecule has 4 rings (SSSR count). The number of nitrogens with two attached hydrogens (primary N) is 1. The number of rotatable bonds is 2. The van der Waals surface area contributed by atoms with Gasteiger partial charge in [0.1, 0.15) is 0 Å². The van der Waals surface area contributed by atoms with Gasteiger partial charge in [0.15, 0.2) is 5.78 Å². The smallest absolute Gasteiger partial charge is 0.172 e. The van der Waals surface area contributed by atoms with Crippen LogP contribution in [0.1, 0.15) is 22.8 Å². The number of fused-ring (bicyclic) bond motifs is 2. The molecule has 2 aromatic rings. The van der Waals surface area contributed by atoms with Crippen molar-refractivity contribution in [3.63, 3.8) is 0 Å². The van der Waals surface area contributed by atoms with Gasteiger partial charge < -0.3 is 5.73 Å². The van der Waals surface area contributed by atoms with Gasteiger partial charge in [0.05, 0.1) is 5.92 Å². The minimum Gasteiger partial charge on any atom is -0.398 e. The van der Waals surface area contributed by atoms with Crippen LogP contribution in [-0.2, 0) is 0 Å². The molecule has 2 aromatic carbocycles. The van der Waals surface area contributed by atoms with E-state index in [9.17, 15) is 4.79 Å². The number of thioether (sulfide) groups is 1. The summed E-state index contributed by atoms with van der Waals surface area (Å²) in [6, 6.07) is 15.7. The van der Waals surface area contributed by atoms with Crippen LogP contribution in [0.2, 0.25) is 0 Å². The zero-order chi connectivity index (χ0) is 17.4. The standard InChI is InChI=1S/C22H19NOS/c1-2-14-15-8-3-4-9-17(15)22(24)21-16(14)10-7-13-20(21)25-19-12-6-5-11-18(19)23/h2-13,16,21H,23H2,1H3. The van der Waals surface area contributed by atoms with Crippen molar-refractivity contribution in [2.24, 2.45) is 11.8 Å². The SMILES string of the molecule is CC=C1c2ccccc2C(=O)C2C(Sc3ccccc3N)=CC=CC12. The van der Waals surface area contributed by atoms with E-state index in [-0.39, 0.29) is 17.6 Å². The van der Waals surface area contributed by atoms with E-state index in [1.807, 2.05) is 55.5 Å². The zero-order valence-corrected chi connectivity index (χ0v) is 14.8. The lowest BCUT2D eigenvalue weighted by Crippen LogP contribution is -2.31. The van der Waals surface area contributed by atoms with Crippen LogP contribution in [-0.4, -0.2) is 5.78 Å². The van der Waals surface area contributed by atoms with Gasteiger partial charge in [-0.25, -0.2) is 0 Å². The van der Waals surface area contributed by atoms with Crippen LogP contribution in [0.15, 0.2) is 82.6 Å². The van der Waals surface area contributed by atoms with E-state index in [1.165, 1.54) is 5.57 Å². The molecule has 2 unspecified atom stereocenters. The number of hydrogen-bond acceptors (Lipinski definition) is 3. The molecule has 2 aliphatic carbocycles. The molecule has 2 aliphatic rings. The van der Waals surface area contributed by atoms with E-state index >= 15 is 0 Å². The predicted molar refractivity (Wildman–Crippen MR) is 105 cm³/mol. The molecule has 3 heteroatoms. The van der Waals surface area contributed by atoms with Crippen molar-refractivity contribution in [3.05, 3.63) is 88.9 Å². The Labute approximate surface area is 152 Å². The third-order valence-electron chi connectivity index (χ3n) is 4.85. The molecule has 2 N–H and O–H groups in total. The number of anilines is 1. The van der Waals surface area contributed by atoms with Crippen LogP contribution < -0.4 is 5.73 Å². The summed E-state index contributed by atoms with van der Waals surface area (Å²) in [5, 5.41) is 0.